The molecule has 0 amide bonds. The number of hydrogen-bond acceptors (Lipinski definition) is 3. The Morgan fingerprint density at radius 2 is 2.21 bits per heavy atom. The lowest BCUT2D eigenvalue weighted by atomic mass is 10.1. The summed E-state index contributed by atoms with van der Waals surface area (Å²) in [5.74, 6) is 2.22. The molecule has 0 bridgehead atoms. The Balaban J connectivity index is 2.27. The van der Waals surface area contributed by atoms with E-state index in [9.17, 15) is 5.11 Å². The molecule has 3 nitrogen and oxygen atoms in total. The Kier molecular flexibility index (Phi) is 2.27. The maximum Gasteiger partial charge on any atom is 0.131 e. The van der Waals surface area contributed by atoms with E-state index in [0.29, 0.717) is 5.92 Å². The molecule has 1 aromatic rings. The van der Waals surface area contributed by atoms with Crippen LogP contribution < -0.4 is 0 Å². The topological polar surface area (TPSA) is 46.0 Å². The van der Waals surface area contributed by atoms with Gasteiger partial charge in [0, 0.05) is 23.4 Å². The smallest absolute Gasteiger partial charge is 0.131 e. The average Bonchev–Trinajstić information content (AvgIpc) is 2.81. The summed E-state index contributed by atoms with van der Waals surface area (Å²) in [7, 11) is 0. The van der Waals surface area contributed by atoms with Gasteiger partial charge in [-0.25, -0.2) is 9.97 Å². The summed E-state index contributed by atoms with van der Waals surface area (Å²) in [5.41, 5.74) is 1.74. The summed E-state index contributed by atoms with van der Waals surface area (Å²) in [6, 6.07) is 0. The van der Waals surface area contributed by atoms with Crippen LogP contribution in [-0.4, -0.2) is 15.1 Å². The van der Waals surface area contributed by atoms with E-state index < -0.39 is 6.10 Å². The predicted octanol–water partition coefficient (Wildman–Crippen LogP) is 1.96. The second-order valence-corrected chi connectivity index (χ2v) is 4.26. The molecule has 0 aromatic carbocycles. The summed E-state index contributed by atoms with van der Waals surface area (Å²) in [5, 5.41) is 9.42. The molecule has 0 radical (unpaired) electrons. The number of hydrogen-bond donors (Lipinski definition) is 1. The molecule has 76 valence electrons. The molecule has 0 saturated heterocycles. The van der Waals surface area contributed by atoms with Crippen molar-refractivity contribution in [2.45, 2.75) is 39.2 Å². The van der Waals surface area contributed by atoms with Crippen molar-refractivity contribution in [3.63, 3.8) is 0 Å². The van der Waals surface area contributed by atoms with Crippen LogP contribution in [0.2, 0.25) is 0 Å². The van der Waals surface area contributed by atoms with Crippen LogP contribution in [0.4, 0.5) is 0 Å². The lowest BCUT2D eigenvalue weighted by molar-refractivity contribution is 0.197. The lowest BCUT2D eigenvalue weighted by Gasteiger charge is -2.08. The molecule has 3 atom stereocenters. The van der Waals surface area contributed by atoms with Gasteiger partial charge in [-0.05, 0) is 26.2 Å². The van der Waals surface area contributed by atoms with Gasteiger partial charge in [0.15, 0.2) is 0 Å². The number of aromatic nitrogens is 2. The third kappa shape index (κ3) is 1.64. The summed E-state index contributed by atoms with van der Waals surface area (Å²) in [6.45, 7) is 5.89. The fourth-order valence-corrected chi connectivity index (χ4v) is 1.77. The molecule has 0 spiro atoms. The molecule has 2 unspecified atom stereocenters. The van der Waals surface area contributed by atoms with Crippen molar-refractivity contribution >= 4 is 0 Å². The lowest BCUT2D eigenvalue weighted by Crippen LogP contribution is -2.03. The summed E-state index contributed by atoms with van der Waals surface area (Å²) >= 11 is 0. The zero-order valence-electron chi connectivity index (χ0n) is 8.86. The molecule has 1 N–H and O–H groups in total. The molecule has 3 heteroatoms. The number of aliphatic hydroxyl groups excluding tert-OH is 1. The molecular formula is C11H16N2O. The highest BCUT2D eigenvalue weighted by Crippen LogP contribution is 2.45. The molecule has 0 aliphatic heterocycles. The van der Waals surface area contributed by atoms with Crippen molar-refractivity contribution in [2.75, 3.05) is 0 Å². The Hall–Kier alpha value is -0.960. The highest BCUT2D eigenvalue weighted by Gasteiger charge is 2.36. The monoisotopic (exact) mass is 192 g/mol. The summed E-state index contributed by atoms with van der Waals surface area (Å²) < 4.78 is 0. The van der Waals surface area contributed by atoms with Gasteiger partial charge in [0.2, 0.25) is 0 Å². The normalized spacial score (nSPS) is 27.4. The van der Waals surface area contributed by atoms with Crippen LogP contribution in [0.1, 0.15) is 49.4 Å². The highest BCUT2D eigenvalue weighted by molar-refractivity contribution is 5.21. The molecule has 1 heterocycles. The van der Waals surface area contributed by atoms with Crippen LogP contribution in [0, 0.1) is 12.8 Å². The van der Waals surface area contributed by atoms with Gasteiger partial charge in [-0.3, -0.25) is 0 Å². The van der Waals surface area contributed by atoms with Crippen LogP contribution in [0.3, 0.4) is 0 Å². The Bertz CT molecular complexity index is 349. The van der Waals surface area contributed by atoms with Crippen molar-refractivity contribution in [3.8, 4) is 0 Å². The number of nitrogens with zero attached hydrogens (tertiary/aromatic N) is 2. The van der Waals surface area contributed by atoms with Crippen LogP contribution in [-0.2, 0) is 0 Å². The quantitative estimate of drug-likeness (QED) is 0.779. The van der Waals surface area contributed by atoms with E-state index in [1.165, 1.54) is 6.42 Å². The fraction of sp³-hybridized carbons (Fsp3) is 0.636. The van der Waals surface area contributed by atoms with Gasteiger partial charge in [-0.1, -0.05) is 6.92 Å². The van der Waals surface area contributed by atoms with E-state index in [0.717, 1.165) is 23.0 Å². The van der Waals surface area contributed by atoms with Crippen molar-refractivity contribution < 1.29 is 5.11 Å². The van der Waals surface area contributed by atoms with Gasteiger partial charge in [0.1, 0.15) is 5.82 Å². The van der Waals surface area contributed by atoms with Gasteiger partial charge >= 0.3 is 0 Å². The maximum absolute atomic E-state index is 9.42. The van der Waals surface area contributed by atoms with E-state index in [1.807, 2.05) is 6.92 Å². The molecular weight excluding hydrogens is 176 g/mol. The van der Waals surface area contributed by atoms with Crippen molar-refractivity contribution in [3.05, 3.63) is 23.3 Å². The van der Waals surface area contributed by atoms with Crippen molar-refractivity contribution in [2.24, 2.45) is 5.92 Å². The zero-order valence-corrected chi connectivity index (χ0v) is 8.86. The van der Waals surface area contributed by atoms with Gasteiger partial charge in [-0.2, -0.15) is 0 Å². The van der Waals surface area contributed by atoms with E-state index >= 15 is 0 Å². The van der Waals surface area contributed by atoms with E-state index in [4.69, 9.17) is 0 Å². The van der Waals surface area contributed by atoms with Gasteiger partial charge in [0.25, 0.3) is 0 Å². The zero-order chi connectivity index (χ0) is 10.3. The number of aryl methyl sites for hydroxylation is 1. The van der Waals surface area contributed by atoms with E-state index in [1.54, 1.807) is 13.1 Å². The van der Waals surface area contributed by atoms with Gasteiger partial charge in [0.05, 0.1) is 6.10 Å². The predicted molar refractivity (Wildman–Crippen MR) is 53.9 cm³/mol. The Morgan fingerprint density at radius 1 is 1.57 bits per heavy atom. The third-order valence-corrected chi connectivity index (χ3v) is 2.93. The van der Waals surface area contributed by atoms with Crippen molar-refractivity contribution in [1.82, 2.24) is 9.97 Å². The second kappa shape index (κ2) is 3.31. The fourth-order valence-electron chi connectivity index (χ4n) is 1.77. The molecule has 1 aliphatic rings. The summed E-state index contributed by atoms with van der Waals surface area (Å²) in [4.78, 5) is 8.74. The molecule has 1 aromatic heterocycles. The van der Waals surface area contributed by atoms with Crippen LogP contribution in [0.5, 0.6) is 0 Å². The first-order chi connectivity index (χ1) is 6.59. The first kappa shape index (κ1) is 9.59. The average molecular weight is 192 g/mol. The first-order valence-corrected chi connectivity index (χ1v) is 5.11. The highest BCUT2D eigenvalue weighted by atomic mass is 16.3. The first-order valence-electron chi connectivity index (χ1n) is 5.11. The Morgan fingerprint density at radius 3 is 2.64 bits per heavy atom. The van der Waals surface area contributed by atoms with E-state index in [-0.39, 0.29) is 0 Å². The third-order valence-electron chi connectivity index (χ3n) is 2.93. The van der Waals surface area contributed by atoms with Crippen LogP contribution in [0.25, 0.3) is 0 Å². The molecule has 2 rings (SSSR count). The number of rotatable bonds is 2. The largest absolute Gasteiger partial charge is 0.389 e. The Labute approximate surface area is 84.2 Å². The minimum atomic E-state index is -0.472. The van der Waals surface area contributed by atoms with E-state index in [2.05, 4.69) is 16.9 Å². The minimum Gasteiger partial charge on any atom is -0.389 e. The molecule has 1 saturated carbocycles. The van der Waals surface area contributed by atoms with Gasteiger partial charge < -0.3 is 5.11 Å². The van der Waals surface area contributed by atoms with Crippen LogP contribution in [0.15, 0.2) is 6.20 Å². The second-order valence-electron chi connectivity index (χ2n) is 4.26. The number of aliphatic hydroxyl groups is 1. The standard InChI is InChI=1S/C11H16N2O/c1-6-4-9(6)11-12-5-10(8(3)14)7(2)13-11/h5-6,8-9,14H,4H2,1-3H3/t6?,8-,9?/m0/s1. The molecule has 1 fully saturated rings. The molecule has 14 heavy (non-hydrogen) atoms. The van der Waals surface area contributed by atoms with Gasteiger partial charge in [-0.15, -0.1) is 0 Å². The maximum atomic E-state index is 9.42. The SMILES string of the molecule is Cc1nc(C2CC2C)ncc1[C@H](C)O. The van der Waals surface area contributed by atoms with Crippen molar-refractivity contribution in [1.29, 1.82) is 0 Å². The van der Waals surface area contributed by atoms with Crippen LogP contribution >= 0.6 is 0 Å². The minimum absolute atomic E-state index is 0.472. The summed E-state index contributed by atoms with van der Waals surface area (Å²) in [6.07, 6.45) is 2.49. The molecule has 1 aliphatic carbocycles.